The van der Waals surface area contributed by atoms with Crippen LogP contribution in [-0.4, -0.2) is 28.0 Å². The van der Waals surface area contributed by atoms with Gasteiger partial charge in [-0.05, 0) is 30.3 Å². The number of hydrogen-bond donors (Lipinski definition) is 2. The second-order valence-corrected chi connectivity index (χ2v) is 8.48. The number of ether oxygens (including phenoxy) is 1. The minimum atomic E-state index is -4.79. The molecule has 0 aliphatic carbocycles. The molecule has 0 atom stereocenters. The quantitative estimate of drug-likeness (QED) is 0.431. The molecule has 2 aromatic heterocycles. The maximum absolute atomic E-state index is 13.8. The molecule has 0 spiro atoms. The van der Waals surface area contributed by atoms with Crippen molar-refractivity contribution in [3.8, 4) is 22.8 Å². The van der Waals surface area contributed by atoms with Crippen LogP contribution in [0.25, 0.3) is 11.3 Å². The topological polar surface area (TPSA) is 110 Å². The zero-order chi connectivity index (χ0) is 22.1. The van der Waals surface area contributed by atoms with Crippen LogP contribution in [0.15, 0.2) is 66.0 Å². The van der Waals surface area contributed by atoms with Crippen molar-refractivity contribution in [1.82, 2.24) is 19.6 Å². The van der Waals surface area contributed by atoms with Crippen molar-refractivity contribution < 1.29 is 26.3 Å². The van der Waals surface area contributed by atoms with E-state index in [0.29, 0.717) is 6.07 Å². The van der Waals surface area contributed by atoms with E-state index in [0.717, 1.165) is 23.9 Å². The summed E-state index contributed by atoms with van der Waals surface area (Å²) in [4.78, 5) is 3.24. The zero-order valence-corrected chi connectivity index (χ0v) is 16.9. The molecule has 2 N–H and O–H groups in total. The highest BCUT2D eigenvalue weighted by atomic mass is 32.2. The highest BCUT2D eigenvalue weighted by Crippen LogP contribution is 2.46. The summed E-state index contributed by atoms with van der Waals surface area (Å²) in [5, 5.41) is 6.10. The number of aromatic nitrogens is 4. The van der Waals surface area contributed by atoms with E-state index in [1.54, 1.807) is 18.2 Å². The van der Waals surface area contributed by atoms with Gasteiger partial charge in [-0.15, -0.1) is 0 Å². The van der Waals surface area contributed by atoms with Crippen molar-refractivity contribution in [3.63, 3.8) is 0 Å². The summed E-state index contributed by atoms with van der Waals surface area (Å²) in [7, 11) is -4.38. The Morgan fingerprint density at radius 2 is 1.84 bits per heavy atom. The lowest BCUT2D eigenvalue weighted by Gasteiger charge is -2.20. The third kappa shape index (κ3) is 4.36. The van der Waals surface area contributed by atoms with Gasteiger partial charge in [-0.3, -0.25) is 9.82 Å². The van der Waals surface area contributed by atoms with Gasteiger partial charge in [0.1, 0.15) is 17.0 Å². The van der Waals surface area contributed by atoms with E-state index in [1.807, 2.05) is 0 Å². The number of para-hydroxylation sites is 1. The fourth-order valence-corrected chi connectivity index (χ4v) is 4.56. The lowest BCUT2D eigenvalue weighted by Crippen LogP contribution is -2.16. The molecular formula is C18H12F3N5O3S2. The molecule has 0 fully saturated rings. The molecule has 4 rings (SSSR count). The molecule has 0 aliphatic heterocycles. The van der Waals surface area contributed by atoms with Gasteiger partial charge in [0.15, 0.2) is 5.75 Å². The lowest BCUT2D eigenvalue weighted by atomic mass is 10.0. The standard InChI is InChI=1S/C18H12F3N5O3S2/c19-18(20,21)12-6-7-14(31(27,28)26-17-22-10-24-30-17)16(15(12)13-8-9-23-25-13)29-11-4-2-1-3-5-11/h1-10H,(H,23,25)(H,22,24,26). The second kappa shape index (κ2) is 8.00. The molecule has 13 heteroatoms. The summed E-state index contributed by atoms with van der Waals surface area (Å²) in [5.41, 5.74) is -1.64. The summed E-state index contributed by atoms with van der Waals surface area (Å²) in [6, 6.07) is 10.7. The van der Waals surface area contributed by atoms with Crippen molar-refractivity contribution in [2.45, 2.75) is 11.1 Å². The van der Waals surface area contributed by atoms with Gasteiger partial charge in [0.25, 0.3) is 10.0 Å². The average Bonchev–Trinajstić information content (AvgIpc) is 3.41. The maximum atomic E-state index is 13.8. The minimum Gasteiger partial charge on any atom is -0.455 e. The molecule has 0 saturated carbocycles. The molecule has 0 amide bonds. The average molecular weight is 467 g/mol. The van der Waals surface area contributed by atoms with Gasteiger partial charge in [-0.1, -0.05) is 18.2 Å². The van der Waals surface area contributed by atoms with Gasteiger partial charge < -0.3 is 4.74 Å². The number of benzene rings is 2. The molecule has 2 heterocycles. The molecule has 0 saturated heterocycles. The van der Waals surface area contributed by atoms with Crippen molar-refractivity contribution in [3.05, 3.63) is 66.6 Å². The number of rotatable bonds is 6. The molecule has 4 aromatic rings. The molecule has 0 aliphatic rings. The monoisotopic (exact) mass is 467 g/mol. The van der Waals surface area contributed by atoms with E-state index in [4.69, 9.17) is 4.74 Å². The molecule has 0 unspecified atom stereocenters. The van der Waals surface area contributed by atoms with E-state index in [9.17, 15) is 21.6 Å². The molecule has 2 aromatic carbocycles. The molecule has 0 bridgehead atoms. The van der Waals surface area contributed by atoms with Crippen molar-refractivity contribution in [2.24, 2.45) is 0 Å². The van der Waals surface area contributed by atoms with E-state index in [-0.39, 0.29) is 16.6 Å². The Hall–Kier alpha value is -3.45. The number of halogens is 3. The number of aromatic amines is 1. The predicted molar refractivity (Wildman–Crippen MR) is 106 cm³/mol. The lowest BCUT2D eigenvalue weighted by molar-refractivity contribution is -0.137. The normalized spacial score (nSPS) is 12.0. The first-order valence-corrected chi connectivity index (χ1v) is 10.8. The maximum Gasteiger partial charge on any atom is 0.417 e. The molecule has 160 valence electrons. The largest absolute Gasteiger partial charge is 0.455 e. The summed E-state index contributed by atoms with van der Waals surface area (Å²) in [6.07, 6.45) is -2.39. The van der Waals surface area contributed by atoms with Crippen LogP contribution in [0.1, 0.15) is 5.56 Å². The Labute approximate surface area is 178 Å². The number of nitrogens with one attached hydrogen (secondary N) is 2. The van der Waals surface area contributed by atoms with Gasteiger partial charge >= 0.3 is 6.18 Å². The zero-order valence-electron chi connectivity index (χ0n) is 15.3. The van der Waals surface area contributed by atoms with Gasteiger partial charge in [0.2, 0.25) is 5.13 Å². The highest BCUT2D eigenvalue weighted by Gasteiger charge is 2.38. The van der Waals surface area contributed by atoms with E-state index >= 15 is 0 Å². The van der Waals surface area contributed by atoms with Gasteiger partial charge in [0.05, 0.1) is 16.8 Å². The Bertz CT molecular complexity index is 1280. The molecule has 31 heavy (non-hydrogen) atoms. The minimum absolute atomic E-state index is 0.0475. The highest BCUT2D eigenvalue weighted by molar-refractivity contribution is 7.93. The smallest absolute Gasteiger partial charge is 0.417 e. The third-order valence-electron chi connectivity index (χ3n) is 4.03. The summed E-state index contributed by atoms with van der Waals surface area (Å²) in [5.74, 6) is -0.364. The number of anilines is 1. The first kappa shape index (κ1) is 20.8. The summed E-state index contributed by atoms with van der Waals surface area (Å²) >= 11 is 0.775. The Kier molecular flexibility index (Phi) is 5.37. The second-order valence-electron chi connectivity index (χ2n) is 6.05. The van der Waals surface area contributed by atoms with Gasteiger partial charge in [0, 0.05) is 17.7 Å². The number of H-pyrrole nitrogens is 1. The van der Waals surface area contributed by atoms with E-state index in [2.05, 4.69) is 24.3 Å². The molecule has 8 nitrogen and oxygen atoms in total. The predicted octanol–water partition coefficient (Wildman–Crippen LogP) is 4.54. The number of nitrogens with zero attached hydrogens (tertiary/aromatic N) is 3. The van der Waals surface area contributed by atoms with E-state index in [1.165, 1.54) is 24.4 Å². The van der Waals surface area contributed by atoms with Crippen LogP contribution in [0.4, 0.5) is 18.3 Å². The molecular weight excluding hydrogens is 455 g/mol. The van der Waals surface area contributed by atoms with Gasteiger partial charge in [-0.25, -0.2) is 13.4 Å². The van der Waals surface area contributed by atoms with Crippen LogP contribution in [0, 0.1) is 0 Å². The van der Waals surface area contributed by atoms with Crippen LogP contribution in [0.3, 0.4) is 0 Å². The van der Waals surface area contributed by atoms with Crippen LogP contribution in [0.2, 0.25) is 0 Å². The fraction of sp³-hybridized carbons (Fsp3) is 0.0556. The third-order valence-corrected chi connectivity index (χ3v) is 6.10. The van der Waals surface area contributed by atoms with Crippen LogP contribution >= 0.6 is 11.5 Å². The van der Waals surface area contributed by atoms with Crippen LogP contribution in [-0.2, 0) is 16.2 Å². The number of sulfonamides is 1. The Morgan fingerprint density at radius 1 is 1.06 bits per heavy atom. The van der Waals surface area contributed by atoms with Crippen LogP contribution in [0.5, 0.6) is 11.5 Å². The van der Waals surface area contributed by atoms with Crippen molar-refractivity contribution in [1.29, 1.82) is 0 Å². The van der Waals surface area contributed by atoms with Crippen LogP contribution < -0.4 is 9.46 Å². The van der Waals surface area contributed by atoms with Crippen molar-refractivity contribution in [2.75, 3.05) is 4.72 Å². The molecule has 0 radical (unpaired) electrons. The van der Waals surface area contributed by atoms with Gasteiger partial charge in [-0.2, -0.15) is 22.6 Å². The van der Waals surface area contributed by atoms with E-state index < -0.39 is 38.0 Å². The first-order valence-electron chi connectivity index (χ1n) is 8.52. The first-order chi connectivity index (χ1) is 14.8. The number of hydrogen-bond acceptors (Lipinski definition) is 7. The summed E-state index contributed by atoms with van der Waals surface area (Å²) in [6.45, 7) is 0. The van der Waals surface area contributed by atoms with Crippen molar-refractivity contribution >= 4 is 26.7 Å². The Morgan fingerprint density at radius 3 is 2.45 bits per heavy atom. The fourth-order valence-electron chi connectivity index (χ4n) is 2.77. The number of alkyl halides is 3. The SMILES string of the molecule is O=S(=O)(Nc1ncns1)c1ccc(C(F)(F)F)c(-c2ccn[nH]2)c1Oc1ccccc1. The Balaban J connectivity index is 1.97. The summed E-state index contributed by atoms with van der Waals surface area (Å²) < 4.78 is 79.1.